The first-order valence-corrected chi connectivity index (χ1v) is 8.75. The summed E-state index contributed by atoms with van der Waals surface area (Å²) in [6, 6.07) is 9.11. The van der Waals surface area contributed by atoms with Crippen molar-refractivity contribution in [1.82, 2.24) is 9.47 Å². The van der Waals surface area contributed by atoms with Gasteiger partial charge in [0.2, 0.25) is 0 Å². The third-order valence-corrected chi connectivity index (χ3v) is 4.81. The highest BCUT2D eigenvalue weighted by Crippen LogP contribution is 2.28. The van der Waals surface area contributed by atoms with Crippen LogP contribution in [0.15, 0.2) is 35.3 Å². The maximum absolute atomic E-state index is 12.5. The number of benzene rings is 1. The Kier molecular flexibility index (Phi) is 5.94. The molecule has 2 aromatic rings. The molecule has 1 aromatic carbocycles. The molecule has 1 aromatic heterocycles. The summed E-state index contributed by atoms with van der Waals surface area (Å²) in [5.74, 6) is 0.558. The monoisotopic (exact) mass is 373 g/mol. The number of aromatic nitrogens is 1. The molecular weight excluding hydrogens is 354 g/mol. The van der Waals surface area contributed by atoms with Crippen LogP contribution < -0.4 is 10.3 Å². The van der Waals surface area contributed by atoms with Crippen molar-refractivity contribution >= 4 is 11.6 Å². The predicted molar refractivity (Wildman–Crippen MR) is 98.6 cm³/mol. The summed E-state index contributed by atoms with van der Waals surface area (Å²) in [6.07, 6.45) is 1.80. The van der Waals surface area contributed by atoms with Crippen LogP contribution in [-0.4, -0.2) is 42.9 Å². The second kappa shape index (κ2) is 8.37. The fourth-order valence-electron chi connectivity index (χ4n) is 3.02. The first-order chi connectivity index (χ1) is 12.6. The number of nitrogens with zero attached hydrogens (tertiary/aromatic N) is 3. The molecule has 0 bridgehead atoms. The molecule has 0 atom stereocenters. The van der Waals surface area contributed by atoms with Crippen molar-refractivity contribution in [1.29, 1.82) is 5.26 Å². The molecule has 0 aliphatic carbocycles. The topological polar surface area (TPSA) is 67.5 Å². The first kappa shape index (κ1) is 18.5. The third kappa shape index (κ3) is 4.07. The smallest absolute Gasteiger partial charge is 0.268 e. The number of pyridine rings is 1. The van der Waals surface area contributed by atoms with Crippen molar-refractivity contribution in [2.75, 3.05) is 33.4 Å². The molecule has 1 aliphatic rings. The van der Waals surface area contributed by atoms with E-state index in [1.807, 2.05) is 18.2 Å². The lowest BCUT2D eigenvalue weighted by Crippen LogP contribution is -2.36. The van der Waals surface area contributed by atoms with Crippen LogP contribution in [0.25, 0.3) is 0 Å². The van der Waals surface area contributed by atoms with Gasteiger partial charge in [0.25, 0.3) is 5.56 Å². The highest BCUT2D eigenvalue weighted by molar-refractivity contribution is 6.32. The van der Waals surface area contributed by atoms with E-state index < -0.39 is 0 Å². The molecule has 0 radical (unpaired) electrons. The summed E-state index contributed by atoms with van der Waals surface area (Å²) in [4.78, 5) is 14.8. The van der Waals surface area contributed by atoms with E-state index in [2.05, 4.69) is 4.90 Å². The number of rotatable bonds is 5. The number of halogens is 1. The number of hydrogen-bond acceptors (Lipinski definition) is 5. The Morgan fingerprint density at radius 1 is 1.31 bits per heavy atom. The average Bonchev–Trinajstić information content (AvgIpc) is 2.66. The number of ether oxygens (including phenoxy) is 2. The van der Waals surface area contributed by atoms with E-state index in [4.69, 9.17) is 21.1 Å². The van der Waals surface area contributed by atoms with Gasteiger partial charge in [0, 0.05) is 25.8 Å². The third-order valence-electron chi connectivity index (χ3n) is 4.38. The molecule has 0 N–H and O–H groups in total. The van der Waals surface area contributed by atoms with E-state index in [9.17, 15) is 10.1 Å². The maximum atomic E-state index is 12.5. The Labute approximate surface area is 157 Å². The quantitative estimate of drug-likeness (QED) is 0.804. The van der Waals surface area contributed by atoms with Crippen molar-refractivity contribution in [3.63, 3.8) is 0 Å². The predicted octanol–water partition coefficient (Wildman–Crippen LogP) is 2.26. The van der Waals surface area contributed by atoms with Gasteiger partial charge in [-0.1, -0.05) is 23.7 Å². The minimum atomic E-state index is -0.322. The van der Waals surface area contributed by atoms with Crippen molar-refractivity contribution < 1.29 is 9.47 Å². The van der Waals surface area contributed by atoms with E-state index in [0.717, 1.165) is 24.2 Å². The zero-order chi connectivity index (χ0) is 18.5. The van der Waals surface area contributed by atoms with E-state index in [0.29, 0.717) is 30.5 Å². The number of methoxy groups -OCH3 is 1. The van der Waals surface area contributed by atoms with Gasteiger partial charge in [0.1, 0.15) is 17.4 Å². The summed E-state index contributed by atoms with van der Waals surface area (Å²) in [5, 5.41) is 9.80. The number of morpholine rings is 1. The highest BCUT2D eigenvalue weighted by Gasteiger charge is 2.14. The Bertz CT molecular complexity index is 883. The second-order valence-electron chi connectivity index (χ2n) is 6.13. The summed E-state index contributed by atoms with van der Waals surface area (Å²) >= 11 is 6.35. The SMILES string of the molecule is COc1cccc(Cn2cc(CN3CCOCC3)cc(C#N)c2=O)c1Cl. The summed E-state index contributed by atoms with van der Waals surface area (Å²) < 4.78 is 12.1. The zero-order valence-electron chi connectivity index (χ0n) is 14.6. The van der Waals surface area contributed by atoms with Gasteiger partial charge in [-0.05, 0) is 23.3 Å². The lowest BCUT2D eigenvalue weighted by molar-refractivity contribution is 0.0341. The van der Waals surface area contributed by atoms with Crippen LogP contribution in [-0.2, 0) is 17.8 Å². The molecule has 0 saturated carbocycles. The molecule has 1 fully saturated rings. The van der Waals surface area contributed by atoms with E-state index in [-0.39, 0.29) is 17.7 Å². The molecule has 2 heterocycles. The van der Waals surface area contributed by atoms with Crippen molar-refractivity contribution in [3.8, 4) is 11.8 Å². The van der Waals surface area contributed by atoms with Crippen LogP contribution in [0.5, 0.6) is 5.75 Å². The van der Waals surface area contributed by atoms with E-state index in [1.165, 1.54) is 4.57 Å². The van der Waals surface area contributed by atoms with Gasteiger partial charge in [-0.3, -0.25) is 9.69 Å². The molecule has 0 unspecified atom stereocenters. The van der Waals surface area contributed by atoms with Gasteiger partial charge in [0.05, 0.1) is 31.9 Å². The normalized spacial score (nSPS) is 14.8. The van der Waals surface area contributed by atoms with Crippen LogP contribution in [0.3, 0.4) is 0 Å². The lowest BCUT2D eigenvalue weighted by Gasteiger charge is -2.26. The highest BCUT2D eigenvalue weighted by atomic mass is 35.5. The molecule has 0 amide bonds. The maximum Gasteiger partial charge on any atom is 0.268 e. The average molecular weight is 374 g/mol. The Balaban J connectivity index is 1.92. The zero-order valence-corrected chi connectivity index (χ0v) is 15.3. The Hall–Kier alpha value is -2.33. The number of nitriles is 1. The van der Waals surface area contributed by atoms with Gasteiger partial charge >= 0.3 is 0 Å². The lowest BCUT2D eigenvalue weighted by atomic mass is 10.1. The molecule has 136 valence electrons. The standard InChI is InChI=1S/C19H20ClN3O3/c1-25-17-4-2-3-15(18(17)20)13-23-12-14(9-16(10-21)19(23)24)11-22-5-7-26-8-6-22/h2-4,9,12H,5-8,11,13H2,1H3. The van der Waals surface area contributed by atoms with Gasteiger partial charge in [-0.25, -0.2) is 0 Å². The largest absolute Gasteiger partial charge is 0.495 e. The molecular formula is C19H20ClN3O3. The Morgan fingerprint density at radius 2 is 2.08 bits per heavy atom. The van der Waals surface area contributed by atoms with Crippen LogP contribution in [0, 0.1) is 11.3 Å². The van der Waals surface area contributed by atoms with E-state index >= 15 is 0 Å². The minimum absolute atomic E-state index is 0.134. The van der Waals surface area contributed by atoms with Crippen molar-refractivity contribution in [3.05, 3.63) is 62.5 Å². The van der Waals surface area contributed by atoms with Crippen LogP contribution in [0.1, 0.15) is 16.7 Å². The van der Waals surface area contributed by atoms with Gasteiger partial charge < -0.3 is 14.0 Å². The fourth-order valence-corrected chi connectivity index (χ4v) is 3.28. The second-order valence-corrected chi connectivity index (χ2v) is 6.51. The summed E-state index contributed by atoms with van der Waals surface area (Å²) in [7, 11) is 1.55. The summed E-state index contributed by atoms with van der Waals surface area (Å²) in [5.41, 5.74) is 1.49. The van der Waals surface area contributed by atoms with E-state index in [1.54, 1.807) is 25.4 Å². The first-order valence-electron chi connectivity index (χ1n) is 8.37. The van der Waals surface area contributed by atoms with Gasteiger partial charge in [0.15, 0.2) is 0 Å². The number of hydrogen-bond donors (Lipinski definition) is 0. The Morgan fingerprint density at radius 3 is 2.77 bits per heavy atom. The van der Waals surface area contributed by atoms with Crippen LogP contribution >= 0.6 is 11.6 Å². The molecule has 0 spiro atoms. The van der Waals surface area contributed by atoms with Crippen LogP contribution in [0.4, 0.5) is 0 Å². The molecule has 6 nitrogen and oxygen atoms in total. The van der Waals surface area contributed by atoms with Crippen molar-refractivity contribution in [2.45, 2.75) is 13.1 Å². The van der Waals surface area contributed by atoms with Gasteiger partial charge in [-0.2, -0.15) is 5.26 Å². The minimum Gasteiger partial charge on any atom is -0.495 e. The molecule has 26 heavy (non-hydrogen) atoms. The molecule has 3 rings (SSSR count). The fraction of sp³-hybridized carbons (Fsp3) is 0.368. The van der Waals surface area contributed by atoms with Gasteiger partial charge in [-0.15, -0.1) is 0 Å². The molecule has 7 heteroatoms. The van der Waals surface area contributed by atoms with Crippen molar-refractivity contribution in [2.24, 2.45) is 0 Å². The summed E-state index contributed by atoms with van der Waals surface area (Å²) in [6.45, 7) is 4.02. The molecule has 1 saturated heterocycles. The molecule has 1 aliphatic heterocycles. The van der Waals surface area contributed by atoms with Crippen LogP contribution in [0.2, 0.25) is 5.02 Å².